The van der Waals surface area contributed by atoms with Gasteiger partial charge in [0.25, 0.3) is 0 Å². The zero-order chi connectivity index (χ0) is 23.2. The molecule has 2 aromatic heterocycles. The van der Waals surface area contributed by atoms with Crippen LogP contribution < -0.4 is 10.2 Å². The number of fused-ring (bicyclic) bond motifs is 2. The highest BCUT2D eigenvalue weighted by atomic mass is 32.2. The molecule has 6 nitrogen and oxygen atoms in total. The molecule has 0 radical (unpaired) electrons. The van der Waals surface area contributed by atoms with E-state index in [9.17, 15) is 8.94 Å². The van der Waals surface area contributed by atoms with E-state index in [0.717, 1.165) is 37.1 Å². The summed E-state index contributed by atoms with van der Waals surface area (Å²) in [4.78, 5) is 17.3. The molecule has 1 N–H and O–H groups in total. The van der Waals surface area contributed by atoms with E-state index in [1.165, 1.54) is 27.4 Å². The molecule has 2 aromatic carbocycles. The van der Waals surface area contributed by atoms with E-state index in [1.807, 2.05) is 0 Å². The lowest BCUT2D eigenvalue weighted by atomic mass is 9.98. The fourth-order valence-electron chi connectivity index (χ4n) is 4.67. The SMILES string of the molecule is Cc1ccc2sc(C3CCN(c4nc5c(c(Nc6cccc(F)c6)n4)[S+]([O-])CC5)CC3)nc2c1. The van der Waals surface area contributed by atoms with Crippen LogP contribution in [-0.4, -0.2) is 38.3 Å². The minimum Gasteiger partial charge on any atom is -0.611 e. The molecule has 174 valence electrons. The predicted octanol–water partition coefficient (Wildman–Crippen LogP) is 5.33. The van der Waals surface area contributed by atoms with Crippen LogP contribution in [0.4, 0.5) is 21.8 Å². The molecule has 0 aliphatic carbocycles. The number of anilines is 3. The van der Waals surface area contributed by atoms with E-state index in [4.69, 9.17) is 15.0 Å². The Balaban J connectivity index is 1.23. The van der Waals surface area contributed by atoms with E-state index in [-0.39, 0.29) is 5.82 Å². The number of halogens is 1. The second kappa shape index (κ2) is 8.79. The third-order valence-corrected chi connectivity index (χ3v) is 9.11. The van der Waals surface area contributed by atoms with Gasteiger partial charge >= 0.3 is 0 Å². The van der Waals surface area contributed by atoms with Gasteiger partial charge in [-0.2, -0.15) is 4.98 Å². The number of hydrogen-bond acceptors (Lipinski definition) is 7. The lowest BCUT2D eigenvalue weighted by molar-refractivity contribution is 0.498. The summed E-state index contributed by atoms with van der Waals surface area (Å²) in [6.45, 7) is 3.77. The van der Waals surface area contributed by atoms with Gasteiger partial charge in [0.1, 0.15) is 17.3 Å². The number of nitrogens with one attached hydrogen (secondary N) is 1. The van der Waals surface area contributed by atoms with Crippen molar-refractivity contribution >= 4 is 50.2 Å². The van der Waals surface area contributed by atoms with Gasteiger partial charge in [0.15, 0.2) is 5.82 Å². The van der Waals surface area contributed by atoms with Crippen molar-refractivity contribution in [3.8, 4) is 0 Å². The Morgan fingerprint density at radius 3 is 2.79 bits per heavy atom. The summed E-state index contributed by atoms with van der Waals surface area (Å²) < 4.78 is 27.6. The molecule has 0 saturated carbocycles. The van der Waals surface area contributed by atoms with Crippen LogP contribution >= 0.6 is 11.3 Å². The molecule has 0 amide bonds. The Hall–Kier alpha value is -2.75. The quantitative estimate of drug-likeness (QED) is 0.388. The number of hydrogen-bond donors (Lipinski definition) is 1. The Labute approximate surface area is 204 Å². The zero-order valence-electron chi connectivity index (χ0n) is 18.8. The molecule has 0 spiro atoms. The van der Waals surface area contributed by atoms with Gasteiger partial charge in [0.05, 0.1) is 15.2 Å². The van der Waals surface area contributed by atoms with Crippen LogP contribution in [0.1, 0.15) is 35.0 Å². The Morgan fingerprint density at radius 1 is 1.12 bits per heavy atom. The van der Waals surface area contributed by atoms with Gasteiger partial charge in [0, 0.05) is 31.1 Å². The molecule has 0 bridgehead atoms. The number of thiazole rings is 1. The maximum atomic E-state index is 13.7. The fourth-order valence-corrected chi connectivity index (χ4v) is 7.09. The highest BCUT2D eigenvalue weighted by Gasteiger charge is 2.34. The van der Waals surface area contributed by atoms with Crippen LogP contribution in [0, 0.1) is 12.7 Å². The number of nitrogens with zero attached hydrogens (tertiary/aromatic N) is 4. The molecule has 2 aliphatic rings. The maximum absolute atomic E-state index is 13.7. The molecule has 2 aliphatic heterocycles. The molecular formula is C25H24FN5OS2. The lowest BCUT2D eigenvalue weighted by Crippen LogP contribution is -2.34. The molecule has 6 rings (SSSR count). The summed E-state index contributed by atoms with van der Waals surface area (Å²) in [6.07, 6.45) is 2.63. The Kier molecular flexibility index (Phi) is 5.63. The van der Waals surface area contributed by atoms with E-state index in [2.05, 4.69) is 35.3 Å². The van der Waals surface area contributed by atoms with Gasteiger partial charge in [-0.3, -0.25) is 0 Å². The third kappa shape index (κ3) is 4.12. The molecule has 1 fully saturated rings. The largest absolute Gasteiger partial charge is 0.611 e. The van der Waals surface area contributed by atoms with E-state index in [1.54, 1.807) is 23.5 Å². The van der Waals surface area contributed by atoms with Crippen molar-refractivity contribution in [1.82, 2.24) is 15.0 Å². The normalized spacial score (nSPS) is 18.4. The van der Waals surface area contributed by atoms with Crippen LogP contribution in [0.25, 0.3) is 10.2 Å². The average Bonchev–Trinajstić information content (AvgIpc) is 3.42. The van der Waals surface area contributed by atoms with Crippen molar-refractivity contribution in [2.24, 2.45) is 0 Å². The number of aryl methyl sites for hydroxylation is 2. The first-order valence-electron chi connectivity index (χ1n) is 11.5. The van der Waals surface area contributed by atoms with Gasteiger partial charge < -0.3 is 14.8 Å². The summed E-state index contributed by atoms with van der Waals surface area (Å²) in [5, 5.41) is 4.40. The van der Waals surface area contributed by atoms with Crippen LogP contribution in [0.15, 0.2) is 47.4 Å². The second-order valence-corrected chi connectivity index (χ2v) is 11.4. The van der Waals surface area contributed by atoms with Crippen LogP contribution in [0.3, 0.4) is 0 Å². The van der Waals surface area contributed by atoms with Crippen molar-refractivity contribution in [2.75, 3.05) is 29.1 Å². The van der Waals surface area contributed by atoms with Crippen LogP contribution in [-0.2, 0) is 17.6 Å². The van der Waals surface area contributed by atoms with Crippen molar-refractivity contribution in [3.63, 3.8) is 0 Å². The molecule has 1 atom stereocenters. The van der Waals surface area contributed by atoms with Gasteiger partial charge in [-0.15, -0.1) is 11.3 Å². The van der Waals surface area contributed by atoms with Gasteiger partial charge in [-0.1, -0.05) is 12.1 Å². The first-order valence-corrected chi connectivity index (χ1v) is 13.6. The van der Waals surface area contributed by atoms with Gasteiger partial charge in [-0.05, 0) is 66.8 Å². The van der Waals surface area contributed by atoms with Crippen LogP contribution in [0.2, 0.25) is 0 Å². The summed E-state index contributed by atoms with van der Waals surface area (Å²) in [7, 11) is 0. The summed E-state index contributed by atoms with van der Waals surface area (Å²) >= 11 is 0.647. The topological polar surface area (TPSA) is 77.0 Å². The Bertz CT molecular complexity index is 1370. The van der Waals surface area contributed by atoms with E-state index in [0.29, 0.717) is 40.4 Å². The van der Waals surface area contributed by atoms with Crippen molar-refractivity contribution in [2.45, 2.75) is 37.0 Å². The predicted molar refractivity (Wildman–Crippen MR) is 135 cm³/mol. The molecule has 1 saturated heterocycles. The standard InChI is InChI=1S/C25H24FN5OS2/c1-15-5-6-21-20(13-15)28-24(33-21)16-7-10-31(11-8-16)25-29-19-9-12-34(32)22(19)23(30-25)27-18-4-2-3-17(26)14-18/h2-6,13-14,16H,7-12H2,1H3,(H,27,29,30). The van der Waals surface area contributed by atoms with Crippen LogP contribution in [0.5, 0.6) is 0 Å². The number of rotatable bonds is 4. The average molecular weight is 494 g/mol. The summed E-state index contributed by atoms with van der Waals surface area (Å²) in [5.74, 6) is 1.81. The van der Waals surface area contributed by atoms with Crippen molar-refractivity contribution in [3.05, 3.63) is 64.5 Å². The molecule has 4 aromatic rings. The molecule has 34 heavy (non-hydrogen) atoms. The zero-order valence-corrected chi connectivity index (χ0v) is 20.4. The molecule has 9 heteroatoms. The number of aromatic nitrogens is 3. The first kappa shape index (κ1) is 21.8. The fraction of sp³-hybridized carbons (Fsp3) is 0.320. The van der Waals surface area contributed by atoms with Gasteiger partial charge in [-0.25, -0.2) is 14.4 Å². The molecule has 4 heterocycles. The van der Waals surface area contributed by atoms with Crippen molar-refractivity contribution in [1.29, 1.82) is 0 Å². The molecular weight excluding hydrogens is 469 g/mol. The maximum Gasteiger partial charge on any atom is 0.227 e. The van der Waals surface area contributed by atoms with E-state index < -0.39 is 11.2 Å². The smallest absolute Gasteiger partial charge is 0.227 e. The van der Waals surface area contributed by atoms with E-state index >= 15 is 0 Å². The number of piperidine rings is 1. The minimum atomic E-state index is -1.15. The van der Waals surface area contributed by atoms with Crippen molar-refractivity contribution < 1.29 is 8.94 Å². The minimum absolute atomic E-state index is 0.330. The number of benzene rings is 2. The second-order valence-electron chi connectivity index (χ2n) is 8.87. The molecule has 1 unspecified atom stereocenters. The first-order chi connectivity index (χ1) is 16.5. The highest BCUT2D eigenvalue weighted by Crippen LogP contribution is 2.37. The highest BCUT2D eigenvalue weighted by molar-refractivity contribution is 7.91. The monoisotopic (exact) mass is 493 g/mol. The Morgan fingerprint density at radius 2 is 1.97 bits per heavy atom. The summed E-state index contributed by atoms with van der Waals surface area (Å²) in [6, 6.07) is 12.7. The lowest BCUT2D eigenvalue weighted by Gasteiger charge is -2.31. The van der Waals surface area contributed by atoms with Gasteiger partial charge in [0.2, 0.25) is 10.8 Å². The third-order valence-electron chi connectivity index (χ3n) is 6.45. The summed E-state index contributed by atoms with van der Waals surface area (Å²) in [5.41, 5.74) is 3.73.